The Morgan fingerprint density at radius 2 is 0.955 bits per heavy atom. The van der Waals surface area contributed by atoms with Crippen LogP contribution in [-0.4, -0.2) is 20.5 Å². The molecule has 0 amide bonds. The second kappa shape index (κ2) is 22.0. The molecule has 0 aliphatic rings. The van der Waals surface area contributed by atoms with E-state index in [1.165, 1.54) is 99.0 Å². The molecule has 0 aromatic heterocycles. The Kier molecular flexibility index (Phi) is 18.7. The maximum atomic E-state index is 12.3. The van der Waals surface area contributed by atoms with Crippen LogP contribution in [0.2, 0.25) is 0 Å². The van der Waals surface area contributed by atoms with Crippen molar-refractivity contribution in [2.75, 3.05) is 6.61 Å². The minimum Gasteiger partial charge on any atom is -0.494 e. The van der Waals surface area contributed by atoms with Gasteiger partial charge in [0.25, 0.3) is 0 Å². The third-order valence-electron chi connectivity index (χ3n) is 6.80. The highest BCUT2D eigenvalue weighted by atomic mass is 32.2. The molecule has 0 unspecified atom stereocenters. The second-order valence-electron chi connectivity index (χ2n) is 10.6. The zero-order valence-electron chi connectivity index (χ0n) is 25.8. The van der Waals surface area contributed by atoms with E-state index in [0.29, 0.717) is 12.4 Å². The number of benzene rings is 3. The third kappa shape index (κ3) is 17.0. The average molecular weight is 653 g/mol. The number of alkyl halides is 3. The van der Waals surface area contributed by atoms with E-state index in [-0.39, 0.29) is 0 Å². The topological polar surface area (TPSA) is 52.6 Å². The van der Waals surface area contributed by atoms with E-state index in [9.17, 15) is 21.6 Å². The van der Waals surface area contributed by atoms with E-state index in [1.807, 2.05) is 12.1 Å². The van der Waals surface area contributed by atoms with E-state index in [2.05, 4.69) is 59.6 Å². The van der Waals surface area contributed by atoms with Gasteiger partial charge >= 0.3 is 15.6 Å². The van der Waals surface area contributed by atoms with Crippen LogP contribution in [0.4, 0.5) is 13.2 Å². The lowest BCUT2D eigenvalue weighted by atomic mass is 10.0. The molecular formula is C35H47F3O4S2. The maximum Gasteiger partial charge on any atom is 0.534 e. The first kappa shape index (κ1) is 37.5. The van der Waals surface area contributed by atoms with Gasteiger partial charge < -0.3 is 8.92 Å². The molecule has 0 saturated carbocycles. The Labute approximate surface area is 266 Å². The highest BCUT2D eigenvalue weighted by molar-refractivity contribution is 7.99. The quantitative estimate of drug-likeness (QED) is 0.0690. The lowest BCUT2D eigenvalue weighted by Crippen LogP contribution is -2.28. The average Bonchev–Trinajstić information content (AvgIpc) is 3.00. The minimum absolute atomic E-state index is 0.402. The van der Waals surface area contributed by atoms with Gasteiger partial charge in [0.2, 0.25) is 0 Å². The first-order valence-electron chi connectivity index (χ1n) is 15.7. The van der Waals surface area contributed by atoms with Gasteiger partial charge in [-0.15, -0.1) is 0 Å². The smallest absolute Gasteiger partial charge is 0.494 e. The number of ether oxygens (including phenoxy) is 1. The predicted octanol–water partition coefficient (Wildman–Crippen LogP) is 11.6. The summed E-state index contributed by atoms with van der Waals surface area (Å²) in [6.07, 6.45) is 17.8. The molecule has 4 nitrogen and oxygen atoms in total. The lowest BCUT2D eigenvalue weighted by Gasteiger charge is -2.10. The van der Waals surface area contributed by atoms with Crippen molar-refractivity contribution in [3.8, 4) is 11.5 Å². The summed E-state index contributed by atoms with van der Waals surface area (Å²) < 4.78 is 68.4. The fraction of sp³-hybridized carbons (Fsp3) is 0.486. The molecule has 244 valence electrons. The summed E-state index contributed by atoms with van der Waals surface area (Å²) in [6, 6.07) is 25.9. The lowest BCUT2D eigenvalue weighted by molar-refractivity contribution is -0.0500. The molecule has 0 atom stereocenters. The fourth-order valence-electron chi connectivity index (χ4n) is 4.37. The van der Waals surface area contributed by atoms with Gasteiger partial charge in [-0.05, 0) is 55.0 Å². The molecule has 9 heteroatoms. The van der Waals surface area contributed by atoms with E-state index >= 15 is 0 Å². The van der Waals surface area contributed by atoms with Crippen molar-refractivity contribution in [3.05, 3.63) is 84.9 Å². The Bertz CT molecular complexity index is 1180. The van der Waals surface area contributed by atoms with Gasteiger partial charge in [0, 0.05) is 9.79 Å². The number of hydrogen-bond donors (Lipinski definition) is 0. The molecule has 0 radical (unpaired) electrons. The minimum atomic E-state index is -5.65. The van der Waals surface area contributed by atoms with Crippen molar-refractivity contribution in [2.45, 2.75) is 112 Å². The molecule has 0 aliphatic heterocycles. The monoisotopic (exact) mass is 652 g/mol. The van der Waals surface area contributed by atoms with Crippen molar-refractivity contribution < 1.29 is 30.5 Å². The number of unbranched alkanes of at least 4 members (excludes halogenated alkanes) is 13. The Balaban J connectivity index is 0.000000425. The van der Waals surface area contributed by atoms with Crippen LogP contribution in [0.3, 0.4) is 0 Å². The summed E-state index contributed by atoms with van der Waals surface area (Å²) in [5.74, 6) is 0.0626. The van der Waals surface area contributed by atoms with E-state index in [4.69, 9.17) is 4.74 Å². The van der Waals surface area contributed by atoms with Gasteiger partial charge in [-0.1, -0.05) is 139 Å². The Morgan fingerprint density at radius 3 is 1.36 bits per heavy atom. The van der Waals surface area contributed by atoms with Gasteiger partial charge in [-0.25, -0.2) is 0 Å². The van der Waals surface area contributed by atoms with Crippen molar-refractivity contribution in [3.63, 3.8) is 0 Å². The summed E-state index contributed by atoms with van der Waals surface area (Å²) in [4.78, 5) is 2.57. The Hall–Kier alpha value is -2.65. The van der Waals surface area contributed by atoms with Crippen LogP contribution in [-0.2, 0) is 10.1 Å². The molecule has 0 spiro atoms. The van der Waals surface area contributed by atoms with Gasteiger partial charge in [0.15, 0.2) is 0 Å². The first-order chi connectivity index (χ1) is 21.2. The Morgan fingerprint density at radius 1 is 0.568 bits per heavy atom. The molecule has 44 heavy (non-hydrogen) atoms. The van der Waals surface area contributed by atoms with Crippen LogP contribution < -0.4 is 8.92 Å². The molecule has 3 rings (SSSR count). The molecular weight excluding hydrogens is 606 g/mol. The largest absolute Gasteiger partial charge is 0.534 e. The van der Waals surface area contributed by atoms with Crippen LogP contribution in [0.5, 0.6) is 11.5 Å². The SMILES string of the molecule is CCCCCCCCCCCCCCCCOc1ccc(OS(=O)(=O)C(F)(F)F)cc1.c1ccc(Sc2ccccc2)cc1. The first-order valence-corrected chi connectivity index (χ1v) is 18.0. The molecule has 0 heterocycles. The molecule has 3 aromatic rings. The number of rotatable bonds is 20. The van der Waals surface area contributed by atoms with E-state index < -0.39 is 21.4 Å². The maximum absolute atomic E-state index is 12.3. The predicted molar refractivity (Wildman–Crippen MR) is 175 cm³/mol. The van der Waals surface area contributed by atoms with Crippen molar-refractivity contribution in [1.82, 2.24) is 0 Å². The zero-order chi connectivity index (χ0) is 31.9. The second-order valence-corrected chi connectivity index (χ2v) is 13.3. The van der Waals surface area contributed by atoms with Gasteiger partial charge in [-0.2, -0.15) is 21.6 Å². The van der Waals surface area contributed by atoms with Crippen LogP contribution in [0.15, 0.2) is 94.7 Å². The van der Waals surface area contributed by atoms with Gasteiger partial charge in [-0.3, -0.25) is 0 Å². The van der Waals surface area contributed by atoms with Crippen LogP contribution in [0.1, 0.15) is 96.8 Å². The van der Waals surface area contributed by atoms with Crippen LogP contribution >= 0.6 is 11.8 Å². The van der Waals surface area contributed by atoms with Crippen molar-refractivity contribution in [2.24, 2.45) is 0 Å². The fourth-order valence-corrected chi connectivity index (χ4v) is 5.68. The number of hydrogen-bond acceptors (Lipinski definition) is 5. The zero-order valence-corrected chi connectivity index (χ0v) is 27.4. The summed E-state index contributed by atoms with van der Waals surface area (Å²) in [5.41, 5.74) is -5.45. The van der Waals surface area contributed by atoms with Crippen molar-refractivity contribution >= 4 is 21.9 Å². The van der Waals surface area contributed by atoms with Gasteiger partial charge in [0.1, 0.15) is 11.5 Å². The molecule has 3 aromatic carbocycles. The van der Waals surface area contributed by atoms with Gasteiger partial charge in [0.05, 0.1) is 6.61 Å². The standard InChI is InChI=1S/C23H37F3O4S.C12H10S/c1-2-3-4-5-6-7-8-9-10-11-12-13-14-15-20-29-21-16-18-22(19-17-21)30-31(27,28)23(24,25)26;1-3-7-11(8-4-1)13-12-9-5-2-6-10-12/h16-19H,2-15,20H2,1H3;1-10H. The normalized spacial score (nSPS) is 11.5. The third-order valence-corrected chi connectivity index (χ3v) is 8.80. The number of halogens is 3. The van der Waals surface area contributed by atoms with E-state index in [0.717, 1.165) is 25.0 Å². The molecule has 0 N–H and O–H groups in total. The van der Waals surface area contributed by atoms with Crippen LogP contribution in [0.25, 0.3) is 0 Å². The highest BCUT2D eigenvalue weighted by Crippen LogP contribution is 2.28. The summed E-state index contributed by atoms with van der Waals surface area (Å²) in [6.45, 7) is 2.76. The molecule has 0 bridgehead atoms. The summed E-state index contributed by atoms with van der Waals surface area (Å²) in [7, 11) is -5.65. The molecule has 0 aliphatic carbocycles. The van der Waals surface area contributed by atoms with Crippen LogP contribution in [0, 0.1) is 0 Å². The molecule has 0 fully saturated rings. The molecule has 0 saturated heterocycles. The highest BCUT2D eigenvalue weighted by Gasteiger charge is 2.48. The van der Waals surface area contributed by atoms with E-state index in [1.54, 1.807) is 11.8 Å². The summed E-state index contributed by atoms with van der Waals surface area (Å²) in [5, 5.41) is 0. The summed E-state index contributed by atoms with van der Waals surface area (Å²) >= 11 is 1.79. The van der Waals surface area contributed by atoms with Crippen molar-refractivity contribution in [1.29, 1.82) is 0 Å².